The molecule has 33 heavy (non-hydrogen) atoms. The van der Waals surface area contributed by atoms with Gasteiger partial charge in [0.1, 0.15) is 18.3 Å². The number of halogens is 2. The standard InChI is InChI=1S/C24H36F2N2O5/c1-23(2,3)33-21(30)27-16-24(25,26)20(29)19(14-17-10-6-4-7-11-17)28-22(31)32-15-18-12-8-5-9-13-18/h5,8-9,12-13,17,19-20,29H,4,6-7,10-11,14-16H2,1-3H3,(H,27,30)(H,28,31). The van der Waals surface area contributed by atoms with E-state index in [1.54, 1.807) is 45.0 Å². The Morgan fingerprint density at radius 1 is 1.09 bits per heavy atom. The number of benzene rings is 1. The molecule has 2 rings (SSSR count). The molecular formula is C24H36F2N2O5. The topological polar surface area (TPSA) is 96.9 Å². The molecule has 0 bridgehead atoms. The Balaban J connectivity index is 2.00. The van der Waals surface area contributed by atoms with Gasteiger partial charge in [-0.15, -0.1) is 0 Å². The van der Waals surface area contributed by atoms with Crippen molar-refractivity contribution >= 4 is 12.2 Å². The lowest BCUT2D eigenvalue weighted by Gasteiger charge is -2.33. The second-order valence-corrected chi connectivity index (χ2v) is 9.61. The Labute approximate surface area is 194 Å². The molecule has 1 aromatic rings. The molecule has 2 atom stereocenters. The summed E-state index contributed by atoms with van der Waals surface area (Å²) in [4.78, 5) is 24.1. The Bertz CT molecular complexity index is 749. The van der Waals surface area contributed by atoms with Crippen LogP contribution in [0, 0.1) is 5.92 Å². The molecule has 0 aromatic heterocycles. The number of hydrogen-bond acceptors (Lipinski definition) is 5. The van der Waals surface area contributed by atoms with Crippen molar-refractivity contribution in [2.45, 2.75) is 89.6 Å². The Hall–Kier alpha value is -2.42. The average Bonchev–Trinajstić information content (AvgIpc) is 2.76. The van der Waals surface area contributed by atoms with Gasteiger partial charge in [0.2, 0.25) is 0 Å². The monoisotopic (exact) mass is 470 g/mol. The van der Waals surface area contributed by atoms with Gasteiger partial charge in [-0.1, -0.05) is 62.4 Å². The third kappa shape index (κ3) is 9.94. The first-order valence-corrected chi connectivity index (χ1v) is 11.5. The number of nitrogens with one attached hydrogen (secondary N) is 2. The van der Waals surface area contributed by atoms with Gasteiger partial charge < -0.3 is 25.2 Å². The van der Waals surface area contributed by atoms with Gasteiger partial charge in [-0.05, 0) is 38.7 Å². The minimum atomic E-state index is -3.69. The molecule has 9 heteroatoms. The fourth-order valence-corrected chi connectivity index (χ4v) is 3.87. The minimum Gasteiger partial charge on any atom is -0.445 e. The molecule has 1 aliphatic rings. The summed E-state index contributed by atoms with van der Waals surface area (Å²) < 4.78 is 39.8. The van der Waals surface area contributed by atoms with Crippen LogP contribution in [0.15, 0.2) is 30.3 Å². The van der Waals surface area contributed by atoms with Crippen LogP contribution in [0.4, 0.5) is 18.4 Å². The fourth-order valence-electron chi connectivity index (χ4n) is 3.87. The molecule has 2 amide bonds. The van der Waals surface area contributed by atoms with Gasteiger partial charge in [-0.2, -0.15) is 0 Å². The second kappa shape index (κ2) is 12.2. The summed E-state index contributed by atoms with van der Waals surface area (Å²) in [6.07, 6.45) is 0.875. The smallest absolute Gasteiger partial charge is 0.407 e. The number of aliphatic hydroxyl groups is 1. The van der Waals surface area contributed by atoms with Crippen LogP contribution >= 0.6 is 0 Å². The number of amides is 2. The van der Waals surface area contributed by atoms with Crippen molar-refractivity contribution in [1.29, 1.82) is 0 Å². The summed E-state index contributed by atoms with van der Waals surface area (Å²) in [5, 5.41) is 15.0. The highest BCUT2D eigenvalue weighted by Crippen LogP contribution is 2.31. The van der Waals surface area contributed by atoms with Gasteiger partial charge >= 0.3 is 12.2 Å². The van der Waals surface area contributed by atoms with Crippen LogP contribution in [0.3, 0.4) is 0 Å². The molecule has 1 aliphatic carbocycles. The number of alkyl carbamates (subject to hydrolysis) is 2. The summed E-state index contributed by atoms with van der Waals surface area (Å²) in [5.41, 5.74) is -0.0881. The molecule has 1 saturated carbocycles. The van der Waals surface area contributed by atoms with E-state index in [-0.39, 0.29) is 18.9 Å². The summed E-state index contributed by atoms with van der Waals surface area (Å²) in [7, 11) is 0. The van der Waals surface area contributed by atoms with E-state index in [0.717, 1.165) is 37.7 Å². The summed E-state index contributed by atoms with van der Waals surface area (Å²) >= 11 is 0. The van der Waals surface area contributed by atoms with Crippen molar-refractivity contribution in [3.8, 4) is 0 Å². The molecule has 186 valence electrons. The van der Waals surface area contributed by atoms with Crippen LogP contribution < -0.4 is 10.6 Å². The lowest BCUT2D eigenvalue weighted by molar-refractivity contribution is -0.120. The predicted molar refractivity (Wildman–Crippen MR) is 120 cm³/mol. The highest BCUT2D eigenvalue weighted by atomic mass is 19.3. The van der Waals surface area contributed by atoms with E-state index in [4.69, 9.17) is 9.47 Å². The van der Waals surface area contributed by atoms with Gasteiger partial charge in [0.25, 0.3) is 5.92 Å². The molecule has 1 aromatic carbocycles. The maximum absolute atomic E-state index is 14.8. The quantitative estimate of drug-likeness (QED) is 0.483. The zero-order valence-electron chi connectivity index (χ0n) is 19.6. The second-order valence-electron chi connectivity index (χ2n) is 9.61. The van der Waals surface area contributed by atoms with Crippen molar-refractivity contribution < 1.29 is 33.0 Å². The molecule has 0 saturated heterocycles. The van der Waals surface area contributed by atoms with Gasteiger partial charge in [-0.25, -0.2) is 18.4 Å². The number of hydrogen-bond donors (Lipinski definition) is 3. The summed E-state index contributed by atoms with van der Waals surface area (Å²) in [6.45, 7) is 3.71. The van der Waals surface area contributed by atoms with E-state index >= 15 is 0 Å². The van der Waals surface area contributed by atoms with Gasteiger partial charge in [0.15, 0.2) is 0 Å². The van der Waals surface area contributed by atoms with Crippen LogP contribution in [-0.2, 0) is 16.1 Å². The van der Waals surface area contributed by atoms with Crippen LogP contribution in [0.5, 0.6) is 0 Å². The zero-order valence-corrected chi connectivity index (χ0v) is 19.6. The van der Waals surface area contributed by atoms with Gasteiger partial charge in [0.05, 0.1) is 12.6 Å². The molecule has 0 spiro atoms. The Morgan fingerprint density at radius 3 is 2.33 bits per heavy atom. The van der Waals surface area contributed by atoms with E-state index < -0.39 is 42.4 Å². The molecule has 0 radical (unpaired) electrons. The SMILES string of the molecule is CC(C)(C)OC(=O)NCC(F)(F)C(O)C(CC1CCCCC1)NC(=O)OCc1ccccc1. The zero-order chi connectivity index (χ0) is 24.5. The Morgan fingerprint density at radius 2 is 1.73 bits per heavy atom. The third-order valence-electron chi connectivity index (χ3n) is 5.51. The number of ether oxygens (including phenoxy) is 2. The average molecular weight is 471 g/mol. The van der Waals surface area contributed by atoms with Crippen molar-refractivity contribution in [3.63, 3.8) is 0 Å². The number of rotatable bonds is 9. The molecule has 7 nitrogen and oxygen atoms in total. The van der Waals surface area contributed by atoms with Gasteiger partial charge in [-0.3, -0.25) is 0 Å². The number of carbonyl (C=O) groups excluding carboxylic acids is 2. The first-order valence-electron chi connectivity index (χ1n) is 11.5. The highest BCUT2D eigenvalue weighted by molar-refractivity contribution is 5.68. The van der Waals surface area contributed by atoms with Crippen molar-refractivity contribution in [3.05, 3.63) is 35.9 Å². The lowest BCUT2D eigenvalue weighted by Crippen LogP contribution is -2.56. The molecular weight excluding hydrogens is 434 g/mol. The van der Waals surface area contributed by atoms with Crippen LogP contribution in [-0.4, -0.2) is 47.5 Å². The van der Waals surface area contributed by atoms with E-state index in [9.17, 15) is 23.5 Å². The fraction of sp³-hybridized carbons (Fsp3) is 0.667. The molecule has 1 fully saturated rings. The van der Waals surface area contributed by atoms with Crippen LogP contribution in [0.2, 0.25) is 0 Å². The summed E-state index contributed by atoms with van der Waals surface area (Å²) in [6, 6.07) is 7.74. The molecule has 3 N–H and O–H groups in total. The van der Waals surface area contributed by atoms with E-state index in [1.807, 2.05) is 11.4 Å². The largest absolute Gasteiger partial charge is 0.445 e. The molecule has 2 unspecified atom stereocenters. The van der Waals surface area contributed by atoms with Crippen molar-refractivity contribution in [2.24, 2.45) is 5.92 Å². The van der Waals surface area contributed by atoms with Crippen LogP contribution in [0.25, 0.3) is 0 Å². The minimum absolute atomic E-state index is 0.0183. The Kier molecular flexibility index (Phi) is 9.88. The summed E-state index contributed by atoms with van der Waals surface area (Å²) in [5.74, 6) is -3.58. The predicted octanol–water partition coefficient (Wildman–Crippen LogP) is 4.77. The molecule has 0 heterocycles. The van der Waals surface area contributed by atoms with E-state index in [0.29, 0.717) is 0 Å². The first-order chi connectivity index (χ1) is 15.5. The number of carbonyl (C=O) groups is 2. The lowest BCUT2D eigenvalue weighted by atomic mass is 9.83. The van der Waals surface area contributed by atoms with E-state index in [2.05, 4.69) is 5.32 Å². The van der Waals surface area contributed by atoms with Crippen molar-refractivity contribution in [2.75, 3.05) is 6.54 Å². The normalized spacial score (nSPS) is 17.0. The number of aliphatic hydroxyl groups excluding tert-OH is 1. The number of alkyl halides is 2. The third-order valence-corrected chi connectivity index (χ3v) is 5.51. The maximum atomic E-state index is 14.8. The van der Waals surface area contributed by atoms with Gasteiger partial charge in [0, 0.05) is 0 Å². The van der Waals surface area contributed by atoms with Crippen molar-refractivity contribution in [1.82, 2.24) is 10.6 Å². The first kappa shape index (κ1) is 26.8. The van der Waals surface area contributed by atoms with Crippen LogP contribution in [0.1, 0.15) is 64.9 Å². The maximum Gasteiger partial charge on any atom is 0.407 e. The van der Waals surface area contributed by atoms with E-state index in [1.165, 1.54) is 0 Å². The molecule has 0 aliphatic heterocycles. The highest BCUT2D eigenvalue weighted by Gasteiger charge is 2.45.